The molecule has 166 valence electrons. The monoisotopic (exact) mass is 486 g/mol. The van der Waals surface area contributed by atoms with Gasteiger partial charge in [0.05, 0.1) is 15.6 Å². The van der Waals surface area contributed by atoms with E-state index >= 15 is 0 Å². The summed E-state index contributed by atoms with van der Waals surface area (Å²) < 4.78 is 52.1. The Morgan fingerprint density at radius 3 is 2.45 bits per heavy atom. The van der Waals surface area contributed by atoms with Gasteiger partial charge in [0.25, 0.3) is 5.76 Å². The fraction of sp³-hybridized carbons (Fsp3) is 0.286. The van der Waals surface area contributed by atoms with Crippen LogP contribution in [0.1, 0.15) is 18.4 Å². The van der Waals surface area contributed by atoms with Crippen molar-refractivity contribution in [2.24, 2.45) is 5.92 Å². The van der Waals surface area contributed by atoms with E-state index in [1.54, 1.807) is 18.2 Å². The highest BCUT2D eigenvalue weighted by molar-refractivity contribution is 7.99. The van der Waals surface area contributed by atoms with Gasteiger partial charge < -0.3 is 5.32 Å². The number of benzene rings is 2. The number of sulfonamides is 1. The van der Waals surface area contributed by atoms with Crippen molar-refractivity contribution in [2.45, 2.75) is 23.5 Å². The Kier molecular flexibility index (Phi) is 8.10. The average molecular weight is 487 g/mol. The molecule has 1 amide bonds. The highest BCUT2D eigenvalue weighted by Crippen LogP contribution is 2.38. The molecule has 1 aliphatic rings. The topological polar surface area (TPSA) is 66.5 Å². The minimum absolute atomic E-state index is 0.110. The minimum Gasteiger partial charge on any atom is -0.325 e. The molecule has 1 saturated heterocycles. The number of nitrogens with zero attached hydrogens (tertiary/aromatic N) is 1. The number of hydrogen-bond acceptors (Lipinski definition) is 4. The predicted octanol–water partition coefficient (Wildman–Crippen LogP) is 5.31. The number of rotatable bonds is 7. The van der Waals surface area contributed by atoms with E-state index in [1.165, 1.54) is 27.9 Å². The number of piperidine rings is 1. The van der Waals surface area contributed by atoms with Crippen LogP contribution in [0.4, 0.5) is 14.5 Å². The van der Waals surface area contributed by atoms with Gasteiger partial charge in [0, 0.05) is 24.4 Å². The lowest BCUT2D eigenvalue weighted by Gasteiger charge is -2.29. The number of carbonyl (C=O) groups is 1. The van der Waals surface area contributed by atoms with Crippen molar-refractivity contribution in [1.29, 1.82) is 0 Å². The summed E-state index contributed by atoms with van der Waals surface area (Å²) in [5.74, 6) is -3.43. The number of alkyl halides is 2. The summed E-state index contributed by atoms with van der Waals surface area (Å²) in [5.41, 5.74) is 1.00. The molecule has 1 heterocycles. The van der Waals surface area contributed by atoms with Gasteiger partial charge in [-0.3, -0.25) is 4.79 Å². The number of thioether (sulfide) groups is 1. The maximum atomic E-state index is 12.8. The Bertz CT molecular complexity index is 1040. The largest absolute Gasteiger partial charge is 0.325 e. The molecule has 31 heavy (non-hydrogen) atoms. The summed E-state index contributed by atoms with van der Waals surface area (Å²) in [4.78, 5) is 12.8. The first-order valence-electron chi connectivity index (χ1n) is 9.54. The van der Waals surface area contributed by atoms with Gasteiger partial charge in [0.2, 0.25) is 15.9 Å². The Morgan fingerprint density at radius 1 is 1.13 bits per heavy atom. The molecule has 0 unspecified atom stereocenters. The normalized spacial score (nSPS) is 16.1. The van der Waals surface area contributed by atoms with E-state index in [1.807, 2.05) is 18.2 Å². The molecular weight excluding hydrogens is 466 g/mol. The van der Waals surface area contributed by atoms with E-state index < -0.39 is 21.7 Å². The van der Waals surface area contributed by atoms with Crippen molar-refractivity contribution in [1.82, 2.24) is 4.31 Å². The van der Waals surface area contributed by atoms with Crippen LogP contribution in [0.15, 0.2) is 58.8 Å². The van der Waals surface area contributed by atoms with Crippen molar-refractivity contribution in [3.63, 3.8) is 0 Å². The van der Waals surface area contributed by atoms with Crippen LogP contribution in [0, 0.1) is 5.92 Å². The molecule has 0 aliphatic carbocycles. The molecule has 0 saturated carbocycles. The molecule has 0 aromatic heterocycles. The van der Waals surface area contributed by atoms with Gasteiger partial charge in [-0.25, -0.2) is 8.42 Å². The van der Waals surface area contributed by atoms with Gasteiger partial charge in [-0.15, -0.1) is 0 Å². The Labute approximate surface area is 189 Å². The van der Waals surface area contributed by atoms with E-state index in [4.69, 9.17) is 11.6 Å². The van der Waals surface area contributed by atoms with Crippen LogP contribution in [0.2, 0.25) is 5.02 Å². The third kappa shape index (κ3) is 6.52. The van der Waals surface area contributed by atoms with Crippen molar-refractivity contribution >= 4 is 51.1 Å². The molecule has 5 nitrogen and oxygen atoms in total. The first-order valence-corrected chi connectivity index (χ1v) is 12.3. The molecule has 2 aromatic carbocycles. The lowest BCUT2D eigenvalue weighted by molar-refractivity contribution is -0.120. The second-order valence-corrected chi connectivity index (χ2v) is 10.1. The zero-order valence-corrected chi connectivity index (χ0v) is 18.8. The summed E-state index contributed by atoms with van der Waals surface area (Å²) in [6, 6.07) is 13.7. The maximum Gasteiger partial charge on any atom is 0.289 e. The summed E-state index contributed by atoms with van der Waals surface area (Å²) in [5, 5.41) is 3.97. The first-order chi connectivity index (χ1) is 14.8. The molecule has 3 rings (SSSR count). The zero-order chi connectivity index (χ0) is 22.4. The van der Waals surface area contributed by atoms with Gasteiger partial charge in [0.15, 0.2) is 0 Å². The highest BCUT2D eigenvalue weighted by atomic mass is 35.5. The van der Waals surface area contributed by atoms with E-state index in [0.29, 0.717) is 12.8 Å². The number of anilines is 1. The van der Waals surface area contributed by atoms with Gasteiger partial charge in [-0.2, -0.15) is 13.1 Å². The molecule has 2 aromatic rings. The third-order valence-electron chi connectivity index (χ3n) is 4.85. The zero-order valence-electron chi connectivity index (χ0n) is 16.4. The molecule has 0 atom stereocenters. The van der Waals surface area contributed by atoms with Crippen LogP contribution < -0.4 is 5.32 Å². The fourth-order valence-electron chi connectivity index (χ4n) is 3.24. The van der Waals surface area contributed by atoms with Crippen molar-refractivity contribution in [3.8, 4) is 0 Å². The quantitative estimate of drug-likeness (QED) is 0.539. The molecule has 1 fully saturated rings. The highest BCUT2D eigenvalue weighted by Gasteiger charge is 2.30. The number of hydrogen-bond donors (Lipinski definition) is 1. The van der Waals surface area contributed by atoms with Crippen LogP contribution in [-0.4, -0.2) is 37.5 Å². The molecule has 1 N–H and O–H groups in total. The Balaban J connectivity index is 1.60. The van der Waals surface area contributed by atoms with Crippen molar-refractivity contribution < 1.29 is 22.0 Å². The van der Waals surface area contributed by atoms with Gasteiger partial charge in [0.1, 0.15) is 0 Å². The summed E-state index contributed by atoms with van der Waals surface area (Å²) in [6.07, 6.45) is 2.21. The number of halogens is 3. The van der Waals surface area contributed by atoms with Crippen LogP contribution in [0.25, 0.3) is 6.08 Å². The van der Waals surface area contributed by atoms with Crippen LogP contribution in [-0.2, 0) is 14.8 Å². The minimum atomic E-state index is -3.60. The molecule has 1 aliphatic heterocycles. The van der Waals surface area contributed by atoms with E-state index in [2.05, 4.69) is 5.32 Å². The lowest BCUT2D eigenvalue weighted by Crippen LogP contribution is -2.40. The van der Waals surface area contributed by atoms with Gasteiger partial charge in [-0.05, 0) is 36.6 Å². The summed E-state index contributed by atoms with van der Waals surface area (Å²) >= 11 is 6.27. The standard InChI is InChI=1S/C21H21ClF2N2O3S2/c22-17-7-4-8-18(19(17)30-21(23)24)25-20(27)16-9-12-26(13-10-16)31(28,29)14-11-15-5-2-1-3-6-15/h1-8,11,14,16,21H,9-10,12-13H2,(H,25,27)/b14-11+. The van der Waals surface area contributed by atoms with E-state index in [-0.39, 0.29) is 46.4 Å². The Morgan fingerprint density at radius 2 is 1.81 bits per heavy atom. The summed E-state index contributed by atoms with van der Waals surface area (Å²) in [7, 11) is -3.60. The molecular formula is C21H21ClF2N2O3S2. The average Bonchev–Trinajstić information content (AvgIpc) is 2.75. The smallest absolute Gasteiger partial charge is 0.289 e. The van der Waals surface area contributed by atoms with Crippen LogP contribution in [0.3, 0.4) is 0 Å². The van der Waals surface area contributed by atoms with E-state index in [0.717, 1.165) is 5.56 Å². The second kappa shape index (κ2) is 10.6. The van der Waals surface area contributed by atoms with Crippen LogP contribution >= 0.6 is 23.4 Å². The van der Waals surface area contributed by atoms with E-state index in [9.17, 15) is 22.0 Å². The molecule has 0 radical (unpaired) electrons. The van der Waals surface area contributed by atoms with Gasteiger partial charge in [-0.1, -0.05) is 59.8 Å². The Hall–Kier alpha value is -1.94. The predicted molar refractivity (Wildman–Crippen MR) is 121 cm³/mol. The molecule has 10 heteroatoms. The first kappa shape index (κ1) is 23.7. The number of amides is 1. The third-order valence-corrected chi connectivity index (χ3v) is 7.69. The maximum absolute atomic E-state index is 12.8. The molecule has 0 bridgehead atoms. The van der Waals surface area contributed by atoms with Crippen LogP contribution in [0.5, 0.6) is 0 Å². The SMILES string of the molecule is O=C(Nc1cccc(Cl)c1SC(F)F)C1CCN(S(=O)(=O)/C=C/c2ccccc2)CC1. The van der Waals surface area contributed by atoms with Gasteiger partial charge >= 0.3 is 0 Å². The second-order valence-electron chi connectivity index (χ2n) is 6.92. The fourth-order valence-corrected chi connectivity index (χ4v) is 5.37. The van der Waals surface area contributed by atoms with Crippen molar-refractivity contribution in [3.05, 3.63) is 64.5 Å². The molecule has 0 spiro atoms. The number of nitrogens with one attached hydrogen (secondary N) is 1. The number of carbonyl (C=O) groups excluding carboxylic acids is 1. The van der Waals surface area contributed by atoms with Crippen molar-refractivity contribution in [2.75, 3.05) is 18.4 Å². The summed E-state index contributed by atoms with van der Waals surface area (Å²) in [6.45, 7) is 0.404. The lowest BCUT2D eigenvalue weighted by atomic mass is 9.97.